The predicted octanol–water partition coefficient (Wildman–Crippen LogP) is 4.13. The highest BCUT2D eigenvalue weighted by atomic mass is 35.5. The molecule has 3 aromatic rings. The van der Waals surface area contributed by atoms with Gasteiger partial charge < -0.3 is 5.32 Å². The molecule has 8 heteroatoms. The monoisotopic (exact) mass is 436 g/mol. The molecule has 0 aliphatic heterocycles. The second-order valence-electron chi connectivity index (χ2n) is 6.17. The summed E-state index contributed by atoms with van der Waals surface area (Å²) in [6.07, 6.45) is 0.0119. The van der Waals surface area contributed by atoms with Gasteiger partial charge in [-0.1, -0.05) is 59.6 Å². The summed E-state index contributed by atoms with van der Waals surface area (Å²) in [7, 11) is -3.69. The van der Waals surface area contributed by atoms with Crippen LogP contribution < -0.4 is 10.0 Å². The van der Waals surface area contributed by atoms with Gasteiger partial charge in [0.05, 0.1) is 4.90 Å². The molecule has 0 unspecified atom stereocenters. The first kappa shape index (κ1) is 20.6. The molecule has 0 radical (unpaired) electrons. The van der Waals surface area contributed by atoms with E-state index in [-0.39, 0.29) is 30.3 Å². The first-order chi connectivity index (χ1) is 13.3. The summed E-state index contributed by atoms with van der Waals surface area (Å²) in [5, 5.41) is 5.48. The van der Waals surface area contributed by atoms with Gasteiger partial charge in [0.1, 0.15) is 0 Å². The molecule has 0 atom stereocenters. The second-order valence-corrected chi connectivity index (χ2v) is 8.78. The number of sulfonamides is 1. The smallest absolute Gasteiger partial charge is 0.240 e. The molecule has 28 heavy (non-hydrogen) atoms. The van der Waals surface area contributed by atoms with Crippen LogP contribution in [0.25, 0.3) is 10.8 Å². The van der Waals surface area contributed by atoms with Crippen molar-refractivity contribution in [1.29, 1.82) is 0 Å². The van der Waals surface area contributed by atoms with Crippen molar-refractivity contribution in [3.05, 3.63) is 76.3 Å². The third kappa shape index (κ3) is 5.23. The van der Waals surface area contributed by atoms with Gasteiger partial charge in [-0.05, 0) is 40.6 Å². The molecule has 0 aromatic heterocycles. The zero-order valence-electron chi connectivity index (χ0n) is 14.8. The number of fused-ring (bicyclic) bond motifs is 1. The van der Waals surface area contributed by atoms with E-state index in [0.717, 1.165) is 16.3 Å². The Labute approximate surface area is 173 Å². The normalized spacial score (nSPS) is 11.5. The average molecular weight is 437 g/mol. The lowest BCUT2D eigenvalue weighted by Crippen LogP contribution is -2.30. The first-order valence-electron chi connectivity index (χ1n) is 8.54. The minimum atomic E-state index is -3.69. The highest BCUT2D eigenvalue weighted by Crippen LogP contribution is 2.21. The van der Waals surface area contributed by atoms with Gasteiger partial charge in [-0.15, -0.1) is 0 Å². The summed E-state index contributed by atoms with van der Waals surface area (Å²) in [6.45, 7) is 0.238. The summed E-state index contributed by atoms with van der Waals surface area (Å²) in [5.74, 6) is -0.285. The molecule has 5 nitrogen and oxygen atoms in total. The van der Waals surface area contributed by atoms with Crippen molar-refractivity contribution in [3.8, 4) is 0 Å². The largest absolute Gasteiger partial charge is 0.352 e. The van der Waals surface area contributed by atoms with E-state index < -0.39 is 10.0 Å². The maximum absolute atomic E-state index is 12.4. The fourth-order valence-corrected chi connectivity index (χ4v) is 4.21. The Bertz CT molecular complexity index is 1120. The van der Waals surface area contributed by atoms with Gasteiger partial charge in [0.25, 0.3) is 0 Å². The summed E-state index contributed by atoms with van der Waals surface area (Å²) in [4.78, 5) is 12.1. The lowest BCUT2D eigenvalue weighted by atomic mass is 10.1. The number of rotatable bonds is 7. The molecule has 0 saturated carbocycles. The topological polar surface area (TPSA) is 75.3 Å². The quantitative estimate of drug-likeness (QED) is 0.584. The van der Waals surface area contributed by atoms with E-state index in [4.69, 9.17) is 23.2 Å². The van der Waals surface area contributed by atoms with Gasteiger partial charge in [-0.2, -0.15) is 0 Å². The van der Waals surface area contributed by atoms with E-state index in [1.54, 1.807) is 36.4 Å². The average Bonchev–Trinajstić information content (AvgIpc) is 2.67. The number of nitrogens with one attached hydrogen (secondary N) is 2. The molecule has 3 aromatic carbocycles. The SMILES string of the molecule is O=C(CCNS(=O)(=O)c1ccc2ccccc2c1)NCc1ccc(Cl)cc1Cl. The van der Waals surface area contributed by atoms with Crippen LogP contribution in [0.5, 0.6) is 0 Å². The van der Waals surface area contributed by atoms with Gasteiger partial charge in [-0.25, -0.2) is 13.1 Å². The molecular weight excluding hydrogens is 419 g/mol. The van der Waals surface area contributed by atoms with E-state index in [0.29, 0.717) is 10.0 Å². The van der Waals surface area contributed by atoms with Gasteiger partial charge in [-0.3, -0.25) is 4.79 Å². The highest BCUT2D eigenvalue weighted by Gasteiger charge is 2.15. The summed E-state index contributed by atoms with van der Waals surface area (Å²) in [5.41, 5.74) is 0.733. The summed E-state index contributed by atoms with van der Waals surface area (Å²) < 4.78 is 27.3. The molecule has 1 amide bonds. The minimum Gasteiger partial charge on any atom is -0.352 e. The Morgan fingerprint density at radius 2 is 1.68 bits per heavy atom. The van der Waals surface area contributed by atoms with E-state index >= 15 is 0 Å². The molecule has 0 spiro atoms. The summed E-state index contributed by atoms with van der Waals surface area (Å²) in [6, 6.07) is 17.4. The van der Waals surface area contributed by atoms with E-state index in [9.17, 15) is 13.2 Å². The van der Waals surface area contributed by atoms with Gasteiger partial charge in [0.2, 0.25) is 15.9 Å². The molecule has 3 rings (SSSR count). The Morgan fingerprint density at radius 3 is 2.43 bits per heavy atom. The van der Waals surface area contributed by atoms with Crippen LogP contribution in [0.2, 0.25) is 10.0 Å². The van der Waals surface area contributed by atoms with Crippen LogP contribution >= 0.6 is 23.2 Å². The number of halogens is 2. The zero-order chi connectivity index (χ0) is 20.1. The summed E-state index contributed by atoms with van der Waals surface area (Å²) >= 11 is 11.9. The molecule has 2 N–H and O–H groups in total. The maximum atomic E-state index is 12.4. The minimum absolute atomic E-state index is 0.00462. The number of carbonyl (C=O) groups excluding carboxylic acids is 1. The van der Waals surface area contributed by atoms with Crippen molar-refractivity contribution < 1.29 is 13.2 Å². The fourth-order valence-electron chi connectivity index (χ4n) is 2.66. The third-order valence-corrected chi connectivity index (χ3v) is 6.21. The van der Waals surface area contributed by atoms with Crippen LogP contribution in [0.4, 0.5) is 0 Å². The van der Waals surface area contributed by atoms with Crippen LogP contribution in [0.3, 0.4) is 0 Å². The number of hydrogen-bond donors (Lipinski definition) is 2. The Morgan fingerprint density at radius 1 is 0.929 bits per heavy atom. The van der Waals surface area contributed by atoms with E-state index in [1.807, 2.05) is 24.3 Å². The molecule has 0 heterocycles. The molecule has 0 aliphatic carbocycles. The van der Waals surface area contributed by atoms with Crippen LogP contribution in [-0.2, 0) is 21.4 Å². The van der Waals surface area contributed by atoms with Crippen LogP contribution in [0, 0.1) is 0 Å². The molecule has 0 bridgehead atoms. The van der Waals surface area contributed by atoms with Crippen LogP contribution in [0.15, 0.2) is 65.6 Å². The van der Waals surface area contributed by atoms with Crippen molar-refractivity contribution >= 4 is 49.9 Å². The van der Waals surface area contributed by atoms with Crippen molar-refractivity contribution in [3.63, 3.8) is 0 Å². The molecule has 146 valence electrons. The zero-order valence-corrected chi connectivity index (χ0v) is 17.1. The van der Waals surface area contributed by atoms with Crippen molar-refractivity contribution in [2.24, 2.45) is 0 Å². The molecule has 0 aliphatic rings. The van der Waals surface area contributed by atoms with Crippen LogP contribution in [0.1, 0.15) is 12.0 Å². The predicted molar refractivity (Wildman–Crippen MR) is 112 cm³/mol. The van der Waals surface area contributed by atoms with Gasteiger partial charge >= 0.3 is 0 Å². The highest BCUT2D eigenvalue weighted by molar-refractivity contribution is 7.89. The number of benzene rings is 3. The van der Waals surface area contributed by atoms with E-state index in [2.05, 4.69) is 10.0 Å². The first-order valence-corrected chi connectivity index (χ1v) is 10.8. The molecule has 0 fully saturated rings. The van der Waals surface area contributed by atoms with E-state index in [1.165, 1.54) is 0 Å². The fraction of sp³-hybridized carbons (Fsp3) is 0.150. The Kier molecular flexibility index (Phi) is 6.57. The number of hydrogen-bond acceptors (Lipinski definition) is 3. The van der Waals surface area contributed by atoms with Crippen LogP contribution in [-0.4, -0.2) is 20.9 Å². The Balaban J connectivity index is 1.53. The second kappa shape index (κ2) is 8.92. The lowest BCUT2D eigenvalue weighted by Gasteiger charge is -2.09. The standard InChI is InChI=1S/C20H18Cl2N2O3S/c21-17-7-5-16(19(22)12-17)13-23-20(25)9-10-24-28(26,27)18-8-6-14-3-1-2-4-15(14)11-18/h1-8,11-12,24H,9-10,13H2,(H,23,25). The molecule has 0 saturated heterocycles. The molecular formula is C20H18Cl2N2O3S. The van der Waals surface area contributed by atoms with Gasteiger partial charge in [0, 0.05) is 29.6 Å². The number of amides is 1. The third-order valence-electron chi connectivity index (χ3n) is 4.17. The van der Waals surface area contributed by atoms with Crippen molar-refractivity contribution in [2.45, 2.75) is 17.9 Å². The lowest BCUT2D eigenvalue weighted by molar-refractivity contribution is -0.121. The van der Waals surface area contributed by atoms with Gasteiger partial charge in [0.15, 0.2) is 0 Å². The van der Waals surface area contributed by atoms with Crippen molar-refractivity contribution in [2.75, 3.05) is 6.54 Å². The Hall–Kier alpha value is -2.12. The van der Waals surface area contributed by atoms with Crippen molar-refractivity contribution in [1.82, 2.24) is 10.0 Å². The number of carbonyl (C=O) groups is 1. The maximum Gasteiger partial charge on any atom is 0.240 e.